The summed E-state index contributed by atoms with van der Waals surface area (Å²) in [5.74, 6) is -0.287. The van der Waals surface area contributed by atoms with E-state index in [1.54, 1.807) is 13.8 Å². The van der Waals surface area contributed by atoms with Crippen LogP contribution < -0.4 is 10.2 Å². The first kappa shape index (κ1) is 22.8. The lowest BCUT2D eigenvalue weighted by atomic mass is 10.0. The summed E-state index contributed by atoms with van der Waals surface area (Å²) < 4.78 is 54.4. The van der Waals surface area contributed by atoms with Crippen LogP contribution in [0.3, 0.4) is 0 Å². The molecule has 2 heterocycles. The lowest BCUT2D eigenvalue weighted by molar-refractivity contribution is -0.140. The minimum Gasteiger partial charge on any atom is -0.391 e. The van der Waals surface area contributed by atoms with E-state index in [4.69, 9.17) is 4.98 Å². The SMILES string of the molecule is Cc1nc(N[C@H](C)c2cccc(C(F)(F)F)c2F)c2cc(N3CC[C@@H](O)C3)c3c(c2n1)CCC3. The highest BCUT2D eigenvalue weighted by Crippen LogP contribution is 2.41. The van der Waals surface area contributed by atoms with Crippen LogP contribution in [0, 0.1) is 12.7 Å². The van der Waals surface area contributed by atoms with E-state index >= 15 is 0 Å². The number of nitrogens with one attached hydrogen (secondary N) is 1. The van der Waals surface area contributed by atoms with E-state index in [1.165, 1.54) is 17.7 Å². The number of benzene rings is 2. The molecule has 1 saturated heterocycles. The van der Waals surface area contributed by atoms with Gasteiger partial charge in [-0.05, 0) is 62.8 Å². The Morgan fingerprint density at radius 2 is 1.94 bits per heavy atom. The van der Waals surface area contributed by atoms with Crippen LogP contribution in [0.25, 0.3) is 10.9 Å². The highest BCUT2D eigenvalue weighted by atomic mass is 19.4. The van der Waals surface area contributed by atoms with Crippen molar-refractivity contribution in [1.29, 1.82) is 0 Å². The molecule has 3 aromatic rings. The van der Waals surface area contributed by atoms with Gasteiger partial charge >= 0.3 is 6.18 Å². The molecule has 2 aromatic carbocycles. The van der Waals surface area contributed by atoms with Gasteiger partial charge in [0.05, 0.1) is 23.2 Å². The molecule has 5 nitrogen and oxygen atoms in total. The predicted octanol–water partition coefficient (Wildman–Crippen LogP) is 5.33. The normalized spacial score (nSPS) is 19.0. The lowest BCUT2D eigenvalue weighted by Gasteiger charge is -2.24. The molecule has 2 aliphatic rings. The fraction of sp³-hybridized carbons (Fsp3) is 0.440. The van der Waals surface area contributed by atoms with Crippen molar-refractivity contribution in [2.24, 2.45) is 0 Å². The monoisotopic (exact) mass is 474 g/mol. The standard InChI is InChI=1S/C25H26F4N4O/c1-13(16-5-4-8-20(22(16)26)25(27,28)29)30-24-19-11-21(33-10-9-15(34)12-33)17-6-3-7-18(17)23(19)31-14(2)32-24/h4-5,8,11,13,15,34H,3,6-7,9-10,12H2,1-2H3,(H,30,31,32)/t13-,15-/m1/s1. The predicted molar refractivity (Wildman–Crippen MR) is 123 cm³/mol. The maximum atomic E-state index is 14.8. The van der Waals surface area contributed by atoms with Crippen LogP contribution in [0.2, 0.25) is 0 Å². The molecule has 180 valence electrons. The molecule has 2 N–H and O–H groups in total. The van der Waals surface area contributed by atoms with Crippen molar-refractivity contribution >= 4 is 22.4 Å². The quantitative estimate of drug-likeness (QED) is 0.501. The zero-order valence-corrected chi connectivity index (χ0v) is 19.0. The average Bonchev–Trinajstić information content (AvgIpc) is 3.42. The van der Waals surface area contributed by atoms with E-state index in [0.717, 1.165) is 54.0 Å². The summed E-state index contributed by atoms with van der Waals surface area (Å²) in [4.78, 5) is 11.4. The van der Waals surface area contributed by atoms with Crippen molar-refractivity contribution in [2.75, 3.05) is 23.3 Å². The Morgan fingerprint density at radius 1 is 1.18 bits per heavy atom. The minimum atomic E-state index is -4.77. The summed E-state index contributed by atoms with van der Waals surface area (Å²) >= 11 is 0. The molecule has 0 unspecified atom stereocenters. The number of aliphatic hydroxyl groups excluding tert-OH is 1. The van der Waals surface area contributed by atoms with Crippen LogP contribution in [-0.4, -0.2) is 34.3 Å². The number of aryl methyl sites for hydroxylation is 2. The van der Waals surface area contributed by atoms with Gasteiger partial charge in [0, 0.05) is 29.7 Å². The van der Waals surface area contributed by atoms with Gasteiger partial charge in [0.1, 0.15) is 17.5 Å². The van der Waals surface area contributed by atoms with Crippen LogP contribution in [0.15, 0.2) is 24.3 Å². The van der Waals surface area contributed by atoms with Crippen LogP contribution >= 0.6 is 0 Å². The molecule has 0 bridgehead atoms. The third kappa shape index (κ3) is 3.96. The topological polar surface area (TPSA) is 61.3 Å². The first-order chi connectivity index (χ1) is 16.1. The fourth-order valence-electron chi connectivity index (χ4n) is 5.20. The van der Waals surface area contributed by atoms with Crippen LogP contribution in [0.1, 0.15) is 53.9 Å². The number of alkyl halides is 3. The van der Waals surface area contributed by atoms with E-state index in [1.807, 2.05) is 6.07 Å². The maximum absolute atomic E-state index is 14.8. The van der Waals surface area contributed by atoms with Gasteiger partial charge in [-0.15, -0.1) is 0 Å². The van der Waals surface area contributed by atoms with E-state index in [9.17, 15) is 22.7 Å². The number of fused-ring (bicyclic) bond motifs is 3. The number of anilines is 2. The molecular formula is C25H26F4N4O. The van der Waals surface area contributed by atoms with Gasteiger partial charge in [-0.25, -0.2) is 14.4 Å². The molecule has 1 aliphatic heterocycles. The Morgan fingerprint density at radius 3 is 2.65 bits per heavy atom. The van der Waals surface area contributed by atoms with Gasteiger partial charge in [-0.1, -0.05) is 12.1 Å². The van der Waals surface area contributed by atoms with Crippen molar-refractivity contribution in [3.63, 3.8) is 0 Å². The summed E-state index contributed by atoms with van der Waals surface area (Å²) in [7, 11) is 0. The average molecular weight is 475 g/mol. The molecule has 9 heteroatoms. The molecule has 5 rings (SSSR count). The number of aliphatic hydroxyl groups is 1. The zero-order valence-electron chi connectivity index (χ0n) is 19.0. The van der Waals surface area contributed by atoms with Gasteiger partial charge in [-0.3, -0.25) is 0 Å². The maximum Gasteiger partial charge on any atom is 0.419 e. The smallest absolute Gasteiger partial charge is 0.391 e. The van der Waals surface area contributed by atoms with Gasteiger partial charge in [0.15, 0.2) is 0 Å². The number of halogens is 4. The zero-order chi connectivity index (χ0) is 24.2. The third-order valence-corrected chi connectivity index (χ3v) is 6.81. The Hall–Kier alpha value is -2.94. The molecule has 1 aliphatic carbocycles. The van der Waals surface area contributed by atoms with Crippen molar-refractivity contribution < 1.29 is 22.7 Å². The van der Waals surface area contributed by atoms with Crippen molar-refractivity contribution in [3.05, 3.63) is 58.2 Å². The minimum absolute atomic E-state index is 0.0803. The molecule has 2 atom stereocenters. The summed E-state index contributed by atoms with van der Waals surface area (Å²) in [5.41, 5.74) is 2.90. The highest BCUT2D eigenvalue weighted by molar-refractivity contribution is 5.96. The Balaban J connectivity index is 1.59. The van der Waals surface area contributed by atoms with Crippen LogP contribution in [-0.2, 0) is 19.0 Å². The van der Waals surface area contributed by atoms with Crippen LogP contribution in [0.4, 0.5) is 29.1 Å². The first-order valence-electron chi connectivity index (χ1n) is 11.5. The molecule has 1 aromatic heterocycles. The fourth-order valence-corrected chi connectivity index (χ4v) is 5.20. The first-order valence-corrected chi connectivity index (χ1v) is 11.5. The summed E-state index contributed by atoms with van der Waals surface area (Å²) in [6.45, 7) is 4.69. The number of β-amino-alcohol motifs (C(OH)–C–C–N with tert-alkyl or cyclic N) is 1. The van der Waals surface area contributed by atoms with Crippen molar-refractivity contribution in [2.45, 2.75) is 57.9 Å². The Bertz CT molecular complexity index is 1260. The van der Waals surface area contributed by atoms with E-state index < -0.39 is 23.6 Å². The third-order valence-electron chi connectivity index (χ3n) is 6.81. The second kappa shape index (κ2) is 8.37. The largest absolute Gasteiger partial charge is 0.419 e. The summed E-state index contributed by atoms with van der Waals surface area (Å²) in [6.07, 6.45) is -1.62. The summed E-state index contributed by atoms with van der Waals surface area (Å²) in [5, 5.41) is 14.0. The molecule has 0 radical (unpaired) electrons. The number of nitrogens with zero attached hydrogens (tertiary/aromatic N) is 3. The van der Waals surface area contributed by atoms with E-state index in [-0.39, 0.29) is 11.7 Å². The second-order valence-corrected chi connectivity index (χ2v) is 9.18. The molecule has 0 saturated carbocycles. The summed E-state index contributed by atoms with van der Waals surface area (Å²) in [6, 6.07) is 4.56. The Kier molecular flexibility index (Phi) is 5.62. The lowest BCUT2D eigenvalue weighted by Crippen LogP contribution is -2.22. The highest BCUT2D eigenvalue weighted by Gasteiger charge is 2.35. The van der Waals surface area contributed by atoms with Crippen molar-refractivity contribution in [3.8, 4) is 0 Å². The van der Waals surface area contributed by atoms with Crippen molar-refractivity contribution in [1.82, 2.24) is 9.97 Å². The number of rotatable bonds is 4. The molecule has 0 amide bonds. The van der Waals surface area contributed by atoms with Crippen LogP contribution in [0.5, 0.6) is 0 Å². The number of hydrogen-bond donors (Lipinski definition) is 2. The Labute approximate surface area is 194 Å². The van der Waals surface area contributed by atoms with E-state index in [0.29, 0.717) is 24.6 Å². The second-order valence-electron chi connectivity index (χ2n) is 9.18. The van der Waals surface area contributed by atoms with Gasteiger partial charge in [0.2, 0.25) is 0 Å². The molecular weight excluding hydrogens is 448 g/mol. The van der Waals surface area contributed by atoms with Gasteiger partial charge in [0.25, 0.3) is 0 Å². The number of hydrogen-bond acceptors (Lipinski definition) is 5. The van der Waals surface area contributed by atoms with Gasteiger partial charge < -0.3 is 15.3 Å². The molecule has 0 spiro atoms. The van der Waals surface area contributed by atoms with E-state index in [2.05, 4.69) is 15.2 Å². The molecule has 1 fully saturated rings. The van der Waals surface area contributed by atoms with Gasteiger partial charge in [-0.2, -0.15) is 13.2 Å². The molecule has 34 heavy (non-hydrogen) atoms. The number of aromatic nitrogens is 2.